The minimum absolute atomic E-state index is 0.489. The van der Waals surface area contributed by atoms with Gasteiger partial charge in [-0.25, -0.2) is 0 Å². The molecular formula is C14H11Br2N3O. The van der Waals surface area contributed by atoms with Crippen LogP contribution in [0.2, 0.25) is 0 Å². The molecule has 102 valence electrons. The van der Waals surface area contributed by atoms with Crippen molar-refractivity contribution in [2.45, 2.75) is 6.54 Å². The Hall–Kier alpha value is -1.58. The van der Waals surface area contributed by atoms with Crippen LogP contribution in [0.3, 0.4) is 0 Å². The number of benzene rings is 1. The molecular weight excluding hydrogens is 386 g/mol. The van der Waals surface area contributed by atoms with Gasteiger partial charge in [0.05, 0.1) is 30.6 Å². The van der Waals surface area contributed by atoms with Gasteiger partial charge in [0.1, 0.15) is 11.8 Å². The Kier molecular flexibility index (Phi) is 4.99. The van der Waals surface area contributed by atoms with Gasteiger partial charge < -0.3 is 10.1 Å². The van der Waals surface area contributed by atoms with Crippen molar-refractivity contribution in [3.8, 4) is 11.8 Å². The Labute approximate surface area is 134 Å². The first-order valence-electron chi connectivity index (χ1n) is 5.76. The predicted molar refractivity (Wildman–Crippen MR) is 84.7 cm³/mol. The summed E-state index contributed by atoms with van der Waals surface area (Å²) in [6, 6.07) is 9.42. The average molecular weight is 397 g/mol. The lowest BCUT2D eigenvalue weighted by Crippen LogP contribution is -2.05. The van der Waals surface area contributed by atoms with Gasteiger partial charge in [0.25, 0.3) is 0 Å². The van der Waals surface area contributed by atoms with Crippen LogP contribution in [-0.4, -0.2) is 12.1 Å². The number of para-hydroxylation sites is 1. The SMILES string of the molecule is COc1cccc(C#N)c1NCc1ncc(Br)cc1Br. The fourth-order valence-corrected chi connectivity index (χ4v) is 2.85. The molecule has 4 nitrogen and oxygen atoms in total. The van der Waals surface area contributed by atoms with Crippen molar-refractivity contribution in [2.75, 3.05) is 12.4 Å². The van der Waals surface area contributed by atoms with Crippen LogP contribution in [0.15, 0.2) is 39.4 Å². The van der Waals surface area contributed by atoms with Crippen molar-refractivity contribution < 1.29 is 4.74 Å². The minimum atomic E-state index is 0.489. The lowest BCUT2D eigenvalue weighted by Gasteiger charge is -2.13. The van der Waals surface area contributed by atoms with Gasteiger partial charge in [0.15, 0.2) is 0 Å². The Morgan fingerprint density at radius 1 is 1.40 bits per heavy atom. The number of methoxy groups -OCH3 is 1. The highest BCUT2D eigenvalue weighted by Crippen LogP contribution is 2.29. The zero-order valence-corrected chi connectivity index (χ0v) is 13.8. The zero-order valence-electron chi connectivity index (χ0n) is 10.7. The molecule has 0 spiro atoms. The Morgan fingerprint density at radius 3 is 2.85 bits per heavy atom. The van der Waals surface area contributed by atoms with Crippen LogP contribution in [0.25, 0.3) is 0 Å². The maximum atomic E-state index is 9.15. The van der Waals surface area contributed by atoms with E-state index in [0.717, 1.165) is 14.6 Å². The number of hydrogen-bond acceptors (Lipinski definition) is 4. The van der Waals surface area contributed by atoms with Gasteiger partial charge in [-0.05, 0) is 50.1 Å². The summed E-state index contributed by atoms with van der Waals surface area (Å²) in [5.74, 6) is 0.636. The first-order chi connectivity index (χ1) is 9.65. The molecule has 2 rings (SSSR count). The topological polar surface area (TPSA) is 57.9 Å². The van der Waals surface area contributed by atoms with Crippen LogP contribution in [0, 0.1) is 11.3 Å². The Morgan fingerprint density at radius 2 is 2.20 bits per heavy atom. The van der Waals surface area contributed by atoms with Crippen molar-refractivity contribution in [3.05, 3.63) is 50.7 Å². The number of hydrogen-bond donors (Lipinski definition) is 1. The molecule has 0 atom stereocenters. The van der Waals surface area contributed by atoms with E-state index in [1.54, 1.807) is 25.4 Å². The summed E-state index contributed by atoms with van der Waals surface area (Å²) in [4.78, 5) is 4.32. The number of nitriles is 1. The third-order valence-electron chi connectivity index (χ3n) is 2.68. The van der Waals surface area contributed by atoms with Crippen molar-refractivity contribution in [1.82, 2.24) is 4.98 Å². The number of ether oxygens (including phenoxy) is 1. The summed E-state index contributed by atoms with van der Waals surface area (Å²) in [7, 11) is 1.58. The molecule has 0 saturated carbocycles. The van der Waals surface area contributed by atoms with E-state index < -0.39 is 0 Å². The second-order valence-electron chi connectivity index (χ2n) is 3.93. The lowest BCUT2D eigenvalue weighted by molar-refractivity contribution is 0.416. The molecule has 20 heavy (non-hydrogen) atoms. The summed E-state index contributed by atoms with van der Waals surface area (Å²) >= 11 is 6.83. The molecule has 1 heterocycles. The van der Waals surface area contributed by atoms with Crippen molar-refractivity contribution >= 4 is 37.5 Å². The molecule has 2 aromatic rings. The Balaban J connectivity index is 2.25. The number of aromatic nitrogens is 1. The fraction of sp³-hybridized carbons (Fsp3) is 0.143. The van der Waals surface area contributed by atoms with Crippen molar-refractivity contribution in [2.24, 2.45) is 0 Å². The molecule has 0 bridgehead atoms. The fourth-order valence-electron chi connectivity index (χ4n) is 1.72. The number of nitrogens with zero attached hydrogens (tertiary/aromatic N) is 2. The molecule has 1 aromatic carbocycles. The maximum absolute atomic E-state index is 9.15. The standard InChI is InChI=1S/C14H11Br2N3O/c1-20-13-4-2-3-9(6-17)14(13)19-8-12-11(16)5-10(15)7-18-12/h2-5,7,19H,8H2,1H3. The molecule has 0 unspecified atom stereocenters. The maximum Gasteiger partial charge on any atom is 0.143 e. The van der Waals surface area contributed by atoms with E-state index in [1.165, 1.54) is 0 Å². The second-order valence-corrected chi connectivity index (χ2v) is 5.70. The van der Waals surface area contributed by atoms with E-state index in [4.69, 9.17) is 10.00 Å². The number of anilines is 1. The minimum Gasteiger partial charge on any atom is -0.495 e. The monoisotopic (exact) mass is 395 g/mol. The molecule has 6 heteroatoms. The quantitative estimate of drug-likeness (QED) is 0.845. The van der Waals surface area contributed by atoms with Gasteiger partial charge in [-0.1, -0.05) is 6.07 Å². The molecule has 0 radical (unpaired) electrons. The first kappa shape index (κ1) is 14.8. The lowest BCUT2D eigenvalue weighted by atomic mass is 10.1. The predicted octanol–water partition coefficient (Wildman–Crippen LogP) is 4.10. The molecule has 0 fully saturated rings. The number of pyridine rings is 1. The van der Waals surface area contributed by atoms with E-state index in [-0.39, 0.29) is 0 Å². The van der Waals surface area contributed by atoms with Gasteiger partial charge in [0, 0.05) is 15.1 Å². The molecule has 0 amide bonds. The van der Waals surface area contributed by atoms with Crippen molar-refractivity contribution in [3.63, 3.8) is 0 Å². The van der Waals surface area contributed by atoms with E-state index in [1.807, 2.05) is 12.1 Å². The normalized spacial score (nSPS) is 9.90. The molecule has 0 aliphatic heterocycles. The highest BCUT2D eigenvalue weighted by Gasteiger charge is 2.10. The molecule has 1 aromatic heterocycles. The smallest absolute Gasteiger partial charge is 0.143 e. The Bertz CT molecular complexity index is 668. The van der Waals surface area contributed by atoms with Crippen LogP contribution in [0.1, 0.15) is 11.3 Å². The van der Waals surface area contributed by atoms with Gasteiger partial charge in [-0.15, -0.1) is 0 Å². The third kappa shape index (κ3) is 3.30. The first-order valence-corrected chi connectivity index (χ1v) is 7.35. The van der Waals surface area contributed by atoms with E-state index in [2.05, 4.69) is 48.2 Å². The number of nitrogens with one attached hydrogen (secondary N) is 1. The van der Waals surface area contributed by atoms with Gasteiger partial charge in [-0.2, -0.15) is 5.26 Å². The summed E-state index contributed by atoms with van der Waals surface area (Å²) < 4.78 is 7.07. The zero-order chi connectivity index (χ0) is 14.5. The van der Waals surface area contributed by atoms with E-state index >= 15 is 0 Å². The third-order valence-corrected chi connectivity index (χ3v) is 3.80. The average Bonchev–Trinajstić information content (AvgIpc) is 2.46. The highest BCUT2D eigenvalue weighted by molar-refractivity contribution is 9.11. The summed E-state index contributed by atoms with van der Waals surface area (Å²) in [5, 5.41) is 12.4. The molecule has 1 N–H and O–H groups in total. The van der Waals surface area contributed by atoms with Crippen molar-refractivity contribution in [1.29, 1.82) is 5.26 Å². The largest absolute Gasteiger partial charge is 0.495 e. The van der Waals surface area contributed by atoms with E-state index in [9.17, 15) is 0 Å². The number of halogens is 2. The van der Waals surface area contributed by atoms with Crippen LogP contribution >= 0.6 is 31.9 Å². The van der Waals surface area contributed by atoms with Crippen LogP contribution in [0.5, 0.6) is 5.75 Å². The summed E-state index contributed by atoms with van der Waals surface area (Å²) in [6.07, 6.45) is 1.73. The highest BCUT2D eigenvalue weighted by atomic mass is 79.9. The second kappa shape index (κ2) is 6.73. The van der Waals surface area contributed by atoms with Gasteiger partial charge in [0.2, 0.25) is 0 Å². The molecule has 0 saturated heterocycles. The molecule has 0 aliphatic rings. The van der Waals surface area contributed by atoms with Crippen LogP contribution < -0.4 is 10.1 Å². The van der Waals surface area contributed by atoms with E-state index in [0.29, 0.717) is 23.5 Å². The summed E-state index contributed by atoms with van der Waals surface area (Å²) in [6.45, 7) is 0.489. The summed E-state index contributed by atoms with van der Waals surface area (Å²) in [5.41, 5.74) is 2.06. The van der Waals surface area contributed by atoms with Crippen LogP contribution in [0.4, 0.5) is 5.69 Å². The molecule has 0 aliphatic carbocycles. The van der Waals surface area contributed by atoms with Crippen LogP contribution in [-0.2, 0) is 6.54 Å². The van der Waals surface area contributed by atoms with Gasteiger partial charge in [-0.3, -0.25) is 4.98 Å². The van der Waals surface area contributed by atoms with Gasteiger partial charge >= 0.3 is 0 Å². The number of rotatable bonds is 4.